The quantitative estimate of drug-likeness (QED) is 0.495. The van der Waals surface area contributed by atoms with E-state index in [0.717, 1.165) is 6.42 Å². The predicted octanol–water partition coefficient (Wildman–Crippen LogP) is 1.98. The molecule has 0 spiro atoms. The van der Waals surface area contributed by atoms with Crippen LogP contribution in [0.4, 0.5) is 0 Å². The first-order chi connectivity index (χ1) is 5.85. The highest BCUT2D eigenvalue weighted by atomic mass is 16.5. The first kappa shape index (κ1) is 12.4. The Kier molecular flexibility index (Phi) is 4.99. The number of rotatable bonds is 4. The number of hydrogen-bond donors (Lipinski definition) is 0. The Morgan fingerprint density at radius 3 is 2.23 bits per heavy atom. The van der Waals surface area contributed by atoms with Crippen molar-refractivity contribution in [3.05, 3.63) is 0 Å². The minimum absolute atomic E-state index is 0.0256. The lowest BCUT2D eigenvalue weighted by molar-refractivity contribution is 0.0731. The third kappa shape index (κ3) is 7.78. The first-order valence-electron chi connectivity index (χ1n) is 4.57. The van der Waals surface area contributed by atoms with Crippen molar-refractivity contribution in [2.24, 2.45) is 10.4 Å². The Hall–Kier alpha value is -0.570. The Balaban J connectivity index is 4.04. The molecular formula is C10H22N2O. The topological polar surface area (TPSA) is 24.8 Å². The second-order valence-electron chi connectivity index (χ2n) is 4.68. The molecule has 0 aliphatic rings. The number of methoxy groups -OCH3 is 1. The lowest BCUT2D eigenvalue weighted by Gasteiger charge is -2.22. The van der Waals surface area contributed by atoms with Crippen LogP contribution in [0.5, 0.6) is 0 Å². The fourth-order valence-corrected chi connectivity index (χ4v) is 0.928. The summed E-state index contributed by atoms with van der Waals surface area (Å²) in [4.78, 5) is 6.22. The van der Waals surface area contributed by atoms with Crippen LogP contribution in [0.2, 0.25) is 0 Å². The molecule has 0 radical (unpaired) electrons. The zero-order chi connectivity index (χ0) is 10.5. The van der Waals surface area contributed by atoms with Crippen LogP contribution in [-0.2, 0) is 4.74 Å². The molecule has 0 fully saturated rings. The van der Waals surface area contributed by atoms with Gasteiger partial charge in [-0.3, -0.25) is 0 Å². The van der Waals surface area contributed by atoms with Gasteiger partial charge in [-0.25, -0.2) is 4.99 Å². The maximum Gasteiger partial charge on any atom is 0.150 e. The molecule has 0 saturated carbocycles. The zero-order valence-corrected chi connectivity index (χ0v) is 9.66. The van der Waals surface area contributed by atoms with Gasteiger partial charge in [0.1, 0.15) is 6.23 Å². The van der Waals surface area contributed by atoms with Crippen LogP contribution in [-0.4, -0.2) is 38.7 Å². The van der Waals surface area contributed by atoms with Crippen LogP contribution in [0.1, 0.15) is 27.2 Å². The highest BCUT2D eigenvalue weighted by Crippen LogP contribution is 2.22. The van der Waals surface area contributed by atoms with E-state index >= 15 is 0 Å². The molecular weight excluding hydrogens is 164 g/mol. The predicted molar refractivity (Wildman–Crippen MR) is 57.0 cm³/mol. The molecule has 0 aromatic heterocycles. The smallest absolute Gasteiger partial charge is 0.150 e. The SMILES string of the molecule is CO[C@H](CC(C)(C)C)N=CN(C)C. The van der Waals surface area contributed by atoms with Crippen LogP contribution in [0.3, 0.4) is 0 Å². The van der Waals surface area contributed by atoms with E-state index < -0.39 is 0 Å². The zero-order valence-electron chi connectivity index (χ0n) is 9.66. The average Bonchev–Trinajstić information content (AvgIpc) is 1.95. The highest BCUT2D eigenvalue weighted by Gasteiger charge is 2.16. The lowest BCUT2D eigenvalue weighted by atomic mass is 9.91. The molecule has 0 unspecified atom stereocenters. The van der Waals surface area contributed by atoms with E-state index in [2.05, 4.69) is 25.8 Å². The van der Waals surface area contributed by atoms with E-state index in [1.54, 1.807) is 13.4 Å². The minimum Gasteiger partial charge on any atom is -0.369 e. The Morgan fingerprint density at radius 2 is 1.92 bits per heavy atom. The fraction of sp³-hybridized carbons (Fsp3) is 0.900. The third-order valence-electron chi connectivity index (χ3n) is 1.52. The van der Waals surface area contributed by atoms with Crippen molar-refractivity contribution in [2.45, 2.75) is 33.4 Å². The Bertz CT molecular complexity index is 159. The molecule has 1 atom stereocenters. The summed E-state index contributed by atoms with van der Waals surface area (Å²) in [7, 11) is 5.60. The largest absolute Gasteiger partial charge is 0.369 e. The van der Waals surface area contributed by atoms with Gasteiger partial charge >= 0.3 is 0 Å². The van der Waals surface area contributed by atoms with Gasteiger partial charge in [-0.05, 0) is 11.8 Å². The molecule has 0 saturated heterocycles. The van der Waals surface area contributed by atoms with Crippen molar-refractivity contribution in [2.75, 3.05) is 21.2 Å². The molecule has 78 valence electrons. The summed E-state index contributed by atoms with van der Waals surface area (Å²) in [5.41, 5.74) is 0.254. The van der Waals surface area contributed by atoms with E-state index in [0.29, 0.717) is 0 Å². The summed E-state index contributed by atoms with van der Waals surface area (Å²) >= 11 is 0. The van der Waals surface area contributed by atoms with Crippen molar-refractivity contribution in [3.8, 4) is 0 Å². The third-order valence-corrected chi connectivity index (χ3v) is 1.52. The van der Waals surface area contributed by atoms with Crippen LogP contribution in [0.25, 0.3) is 0 Å². The summed E-state index contributed by atoms with van der Waals surface area (Å²) in [6.07, 6.45) is 2.70. The van der Waals surface area contributed by atoms with Gasteiger partial charge in [-0.1, -0.05) is 20.8 Å². The van der Waals surface area contributed by atoms with Gasteiger partial charge in [0.05, 0.1) is 6.34 Å². The van der Waals surface area contributed by atoms with Crippen LogP contribution < -0.4 is 0 Å². The van der Waals surface area contributed by atoms with Gasteiger partial charge in [-0.15, -0.1) is 0 Å². The van der Waals surface area contributed by atoms with Crippen molar-refractivity contribution >= 4 is 6.34 Å². The summed E-state index contributed by atoms with van der Waals surface area (Å²) < 4.78 is 5.25. The molecule has 0 bridgehead atoms. The fourth-order valence-electron chi connectivity index (χ4n) is 0.928. The second kappa shape index (κ2) is 5.22. The standard InChI is InChI=1S/C10H22N2O/c1-10(2,3)7-9(13-6)11-8-12(4)5/h8-9H,7H2,1-6H3/t9-/m1/s1. The van der Waals surface area contributed by atoms with E-state index in [9.17, 15) is 0 Å². The van der Waals surface area contributed by atoms with Crippen LogP contribution in [0, 0.1) is 5.41 Å². The van der Waals surface area contributed by atoms with E-state index in [1.807, 2.05) is 19.0 Å². The van der Waals surface area contributed by atoms with Crippen molar-refractivity contribution in [1.29, 1.82) is 0 Å². The van der Waals surface area contributed by atoms with E-state index in [1.165, 1.54) is 0 Å². The first-order valence-corrected chi connectivity index (χ1v) is 4.57. The molecule has 13 heavy (non-hydrogen) atoms. The number of nitrogens with zero attached hydrogens (tertiary/aromatic N) is 2. The summed E-state index contributed by atoms with van der Waals surface area (Å²) in [5.74, 6) is 0. The van der Waals surface area contributed by atoms with Gasteiger partial charge in [0.15, 0.2) is 0 Å². The van der Waals surface area contributed by atoms with Crippen molar-refractivity contribution < 1.29 is 4.74 Å². The molecule has 0 aromatic rings. The molecule has 0 rings (SSSR count). The molecule has 3 nitrogen and oxygen atoms in total. The van der Waals surface area contributed by atoms with Gasteiger partial charge in [0.2, 0.25) is 0 Å². The van der Waals surface area contributed by atoms with Crippen LogP contribution in [0.15, 0.2) is 4.99 Å². The van der Waals surface area contributed by atoms with Gasteiger partial charge in [0, 0.05) is 21.2 Å². The number of ether oxygens (including phenoxy) is 1. The molecule has 0 N–H and O–H groups in total. The molecule has 0 aromatic carbocycles. The average molecular weight is 186 g/mol. The summed E-state index contributed by atoms with van der Waals surface area (Å²) in [5, 5.41) is 0. The van der Waals surface area contributed by atoms with Crippen molar-refractivity contribution in [3.63, 3.8) is 0 Å². The number of hydrogen-bond acceptors (Lipinski definition) is 2. The van der Waals surface area contributed by atoms with E-state index in [-0.39, 0.29) is 11.6 Å². The minimum atomic E-state index is -0.0256. The maximum absolute atomic E-state index is 5.25. The van der Waals surface area contributed by atoms with Crippen molar-refractivity contribution in [1.82, 2.24) is 4.90 Å². The second-order valence-corrected chi connectivity index (χ2v) is 4.68. The Labute approximate surface area is 81.8 Å². The van der Waals surface area contributed by atoms with Gasteiger partial charge in [0.25, 0.3) is 0 Å². The van der Waals surface area contributed by atoms with E-state index in [4.69, 9.17) is 4.74 Å². The Morgan fingerprint density at radius 1 is 1.38 bits per heavy atom. The van der Waals surface area contributed by atoms with Crippen LogP contribution >= 0.6 is 0 Å². The summed E-state index contributed by atoms with van der Waals surface area (Å²) in [6, 6.07) is 0. The van der Waals surface area contributed by atoms with Gasteiger partial charge in [-0.2, -0.15) is 0 Å². The molecule has 0 aliphatic carbocycles. The number of aliphatic imine (C=N–C) groups is 1. The van der Waals surface area contributed by atoms with Gasteiger partial charge < -0.3 is 9.64 Å². The molecule has 0 aliphatic heterocycles. The normalized spacial score (nSPS) is 14.9. The molecule has 3 heteroatoms. The monoisotopic (exact) mass is 186 g/mol. The molecule has 0 amide bonds. The summed E-state index contributed by atoms with van der Waals surface area (Å²) in [6.45, 7) is 6.55. The maximum atomic E-state index is 5.25. The highest BCUT2D eigenvalue weighted by molar-refractivity contribution is 5.53. The lowest BCUT2D eigenvalue weighted by Crippen LogP contribution is -2.20. The molecule has 0 heterocycles.